The molecule has 1 heterocycles. The number of hydrogen-bond donors (Lipinski definition) is 1. The highest BCUT2D eigenvalue weighted by Gasteiger charge is 2.36. The molecule has 1 aliphatic rings. The summed E-state index contributed by atoms with van der Waals surface area (Å²) in [4.78, 5) is 2.56. The van der Waals surface area contributed by atoms with Gasteiger partial charge in [-0.25, -0.2) is 0 Å². The number of hydrogen-bond acceptors (Lipinski definition) is 3. The summed E-state index contributed by atoms with van der Waals surface area (Å²) < 4.78 is 5.68. The van der Waals surface area contributed by atoms with E-state index >= 15 is 0 Å². The Morgan fingerprint density at radius 1 is 1.28 bits per heavy atom. The van der Waals surface area contributed by atoms with Crippen LogP contribution in [0, 0.1) is 11.3 Å². The molecule has 1 aliphatic heterocycles. The van der Waals surface area contributed by atoms with E-state index in [1.807, 2.05) is 0 Å². The molecule has 0 aromatic heterocycles. The van der Waals surface area contributed by atoms with Gasteiger partial charge in [0.2, 0.25) is 0 Å². The Hall–Kier alpha value is -0.120. The van der Waals surface area contributed by atoms with Gasteiger partial charge in [-0.3, -0.25) is 0 Å². The molecular formula is C15H32N2O. The Bertz CT molecular complexity index is 223. The SMILES string of the molecule is CCN(CC1(CNCC(C)C)CCOC1)C(C)C. The molecule has 0 aromatic rings. The summed E-state index contributed by atoms with van der Waals surface area (Å²) in [6.07, 6.45) is 1.20. The number of ether oxygens (including phenoxy) is 1. The summed E-state index contributed by atoms with van der Waals surface area (Å²) in [5, 5.41) is 3.63. The van der Waals surface area contributed by atoms with Gasteiger partial charge in [0.1, 0.15) is 0 Å². The summed E-state index contributed by atoms with van der Waals surface area (Å²) in [7, 11) is 0. The van der Waals surface area contributed by atoms with Gasteiger partial charge < -0.3 is 15.0 Å². The van der Waals surface area contributed by atoms with Gasteiger partial charge in [-0.05, 0) is 39.3 Å². The van der Waals surface area contributed by atoms with Crippen LogP contribution < -0.4 is 5.32 Å². The van der Waals surface area contributed by atoms with Gasteiger partial charge >= 0.3 is 0 Å². The lowest BCUT2D eigenvalue weighted by Crippen LogP contribution is -2.47. The van der Waals surface area contributed by atoms with Gasteiger partial charge in [0.05, 0.1) is 6.61 Å². The fraction of sp³-hybridized carbons (Fsp3) is 1.00. The maximum absolute atomic E-state index is 5.68. The third kappa shape index (κ3) is 4.87. The van der Waals surface area contributed by atoms with Gasteiger partial charge in [-0.15, -0.1) is 0 Å². The van der Waals surface area contributed by atoms with Crippen molar-refractivity contribution in [3.05, 3.63) is 0 Å². The van der Waals surface area contributed by atoms with Crippen molar-refractivity contribution in [2.75, 3.05) is 39.4 Å². The van der Waals surface area contributed by atoms with Crippen molar-refractivity contribution in [2.45, 2.75) is 47.1 Å². The molecule has 0 spiro atoms. The minimum Gasteiger partial charge on any atom is -0.381 e. The van der Waals surface area contributed by atoms with Crippen LogP contribution in [0.4, 0.5) is 0 Å². The van der Waals surface area contributed by atoms with Crippen molar-refractivity contribution < 1.29 is 4.74 Å². The fourth-order valence-corrected chi connectivity index (χ4v) is 2.69. The molecule has 3 nitrogen and oxygen atoms in total. The fourth-order valence-electron chi connectivity index (χ4n) is 2.69. The smallest absolute Gasteiger partial charge is 0.0547 e. The van der Waals surface area contributed by atoms with Gasteiger partial charge in [0.15, 0.2) is 0 Å². The molecule has 1 atom stereocenters. The lowest BCUT2D eigenvalue weighted by atomic mass is 9.86. The zero-order valence-corrected chi connectivity index (χ0v) is 13.0. The van der Waals surface area contributed by atoms with Crippen molar-refractivity contribution in [3.8, 4) is 0 Å². The van der Waals surface area contributed by atoms with Crippen molar-refractivity contribution in [3.63, 3.8) is 0 Å². The summed E-state index contributed by atoms with van der Waals surface area (Å²) in [6, 6.07) is 0.623. The lowest BCUT2D eigenvalue weighted by molar-refractivity contribution is 0.0956. The Kier molecular flexibility index (Phi) is 6.61. The zero-order chi connectivity index (χ0) is 13.6. The second-order valence-corrected chi connectivity index (χ2v) is 6.48. The molecule has 1 rings (SSSR count). The zero-order valence-electron chi connectivity index (χ0n) is 13.0. The second kappa shape index (κ2) is 7.46. The highest BCUT2D eigenvalue weighted by Crippen LogP contribution is 2.29. The topological polar surface area (TPSA) is 24.5 Å². The van der Waals surface area contributed by atoms with Gasteiger partial charge in [-0.1, -0.05) is 20.8 Å². The molecule has 3 heteroatoms. The van der Waals surface area contributed by atoms with Gasteiger partial charge in [0, 0.05) is 31.2 Å². The quantitative estimate of drug-likeness (QED) is 0.721. The molecule has 0 saturated carbocycles. The summed E-state index contributed by atoms with van der Waals surface area (Å²) in [5.41, 5.74) is 0.329. The molecule has 0 amide bonds. The van der Waals surface area contributed by atoms with E-state index in [4.69, 9.17) is 4.74 Å². The number of nitrogens with one attached hydrogen (secondary N) is 1. The average molecular weight is 256 g/mol. The average Bonchev–Trinajstić information content (AvgIpc) is 2.74. The maximum Gasteiger partial charge on any atom is 0.0547 e. The van der Waals surface area contributed by atoms with E-state index in [0.29, 0.717) is 11.5 Å². The predicted octanol–water partition coefficient (Wildman–Crippen LogP) is 2.37. The third-order valence-corrected chi connectivity index (χ3v) is 3.91. The van der Waals surface area contributed by atoms with E-state index in [1.54, 1.807) is 0 Å². The first-order valence-electron chi connectivity index (χ1n) is 7.51. The van der Waals surface area contributed by atoms with E-state index in [1.165, 1.54) is 6.42 Å². The van der Waals surface area contributed by atoms with Crippen LogP contribution in [0.2, 0.25) is 0 Å². The summed E-state index contributed by atoms with van der Waals surface area (Å²) in [5.74, 6) is 0.719. The standard InChI is InChI=1S/C15H32N2O/c1-6-17(14(4)5)11-15(7-8-18-12-15)10-16-9-13(2)3/h13-14,16H,6-12H2,1-5H3. The summed E-state index contributed by atoms with van der Waals surface area (Å²) in [6.45, 7) is 17.7. The van der Waals surface area contributed by atoms with Crippen molar-refractivity contribution in [1.82, 2.24) is 10.2 Å². The van der Waals surface area contributed by atoms with Crippen molar-refractivity contribution >= 4 is 0 Å². The Balaban J connectivity index is 2.51. The van der Waals surface area contributed by atoms with Crippen LogP contribution in [-0.2, 0) is 4.74 Å². The van der Waals surface area contributed by atoms with Crippen molar-refractivity contribution in [2.24, 2.45) is 11.3 Å². The highest BCUT2D eigenvalue weighted by atomic mass is 16.5. The largest absolute Gasteiger partial charge is 0.381 e. The van der Waals surface area contributed by atoms with E-state index in [0.717, 1.165) is 45.3 Å². The van der Waals surface area contributed by atoms with E-state index in [9.17, 15) is 0 Å². The first-order valence-corrected chi connectivity index (χ1v) is 7.51. The van der Waals surface area contributed by atoms with Crippen LogP contribution >= 0.6 is 0 Å². The molecule has 1 fully saturated rings. The Morgan fingerprint density at radius 2 is 2.00 bits per heavy atom. The first kappa shape index (κ1) is 15.9. The molecule has 0 aromatic carbocycles. The van der Waals surface area contributed by atoms with Crippen LogP contribution in [0.5, 0.6) is 0 Å². The van der Waals surface area contributed by atoms with Crippen LogP contribution in [0.3, 0.4) is 0 Å². The molecule has 1 unspecified atom stereocenters. The molecule has 108 valence electrons. The van der Waals surface area contributed by atoms with E-state index < -0.39 is 0 Å². The normalized spacial score (nSPS) is 24.7. The lowest BCUT2D eigenvalue weighted by Gasteiger charge is -2.36. The molecule has 0 radical (unpaired) electrons. The monoisotopic (exact) mass is 256 g/mol. The van der Waals surface area contributed by atoms with Crippen molar-refractivity contribution in [1.29, 1.82) is 0 Å². The minimum absolute atomic E-state index is 0.329. The molecule has 1 N–H and O–H groups in total. The third-order valence-electron chi connectivity index (χ3n) is 3.91. The van der Waals surface area contributed by atoms with E-state index in [2.05, 4.69) is 44.8 Å². The second-order valence-electron chi connectivity index (χ2n) is 6.48. The predicted molar refractivity (Wildman–Crippen MR) is 78.0 cm³/mol. The van der Waals surface area contributed by atoms with Crippen LogP contribution in [0.1, 0.15) is 41.0 Å². The molecular weight excluding hydrogens is 224 g/mol. The first-order chi connectivity index (χ1) is 8.49. The number of nitrogens with zero attached hydrogens (tertiary/aromatic N) is 1. The molecule has 0 bridgehead atoms. The molecule has 0 aliphatic carbocycles. The molecule has 18 heavy (non-hydrogen) atoms. The van der Waals surface area contributed by atoms with Gasteiger partial charge in [-0.2, -0.15) is 0 Å². The van der Waals surface area contributed by atoms with Gasteiger partial charge in [0.25, 0.3) is 0 Å². The molecule has 1 saturated heterocycles. The van der Waals surface area contributed by atoms with Crippen LogP contribution in [0.25, 0.3) is 0 Å². The Labute approximate surface area is 113 Å². The van der Waals surface area contributed by atoms with Crippen LogP contribution in [0.15, 0.2) is 0 Å². The summed E-state index contributed by atoms with van der Waals surface area (Å²) >= 11 is 0. The van der Waals surface area contributed by atoms with E-state index in [-0.39, 0.29) is 0 Å². The van der Waals surface area contributed by atoms with Crippen LogP contribution in [-0.4, -0.2) is 50.3 Å². The Morgan fingerprint density at radius 3 is 2.44 bits per heavy atom. The minimum atomic E-state index is 0.329. The highest BCUT2D eigenvalue weighted by molar-refractivity contribution is 4.89. The maximum atomic E-state index is 5.68. The number of rotatable bonds is 8.